The third-order valence-corrected chi connectivity index (χ3v) is 3.79. The van der Waals surface area contributed by atoms with Gasteiger partial charge in [-0.2, -0.15) is 0 Å². The monoisotopic (exact) mass is 274 g/mol. The van der Waals surface area contributed by atoms with E-state index < -0.39 is 0 Å². The highest BCUT2D eigenvalue weighted by molar-refractivity contribution is 5.81. The van der Waals surface area contributed by atoms with Crippen LogP contribution in [0.15, 0.2) is 30.3 Å². The van der Waals surface area contributed by atoms with Gasteiger partial charge in [-0.1, -0.05) is 51.1 Å². The van der Waals surface area contributed by atoms with Crippen LogP contribution in [0.1, 0.15) is 39.2 Å². The Morgan fingerprint density at radius 1 is 1.30 bits per heavy atom. The van der Waals surface area contributed by atoms with Crippen molar-refractivity contribution in [3.05, 3.63) is 35.9 Å². The van der Waals surface area contributed by atoms with Crippen LogP contribution in [0.25, 0.3) is 0 Å². The van der Waals surface area contributed by atoms with Crippen LogP contribution in [0.4, 0.5) is 0 Å². The van der Waals surface area contributed by atoms with Crippen molar-refractivity contribution < 1.29 is 4.79 Å². The van der Waals surface area contributed by atoms with Crippen LogP contribution in [0.5, 0.6) is 0 Å². The highest BCUT2D eigenvalue weighted by atomic mass is 16.2. The first kappa shape index (κ1) is 15.0. The SMILES string of the molecule is CC(C)(C)C(=O)N1CCCC(NCc2ccccc2)C1. The van der Waals surface area contributed by atoms with Gasteiger partial charge in [0, 0.05) is 31.1 Å². The molecule has 0 aliphatic carbocycles. The molecule has 1 unspecified atom stereocenters. The van der Waals surface area contributed by atoms with Crippen molar-refractivity contribution in [2.75, 3.05) is 13.1 Å². The molecule has 1 aromatic carbocycles. The van der Waals surface area contributed by atoms with E-state index in [1.165, 1.54) is 5.56 Å². The van der Waals surface area contributed by atoms with E-state index in [1.807, 2.05) is 31.7 Å². The first-order chi connectivity index (χ1) is 9.47. The largest absolute Gasteiger partial charge is 0.341 e. The second kappa shape index (κ2) is 6.40. The third kappa shape index (κ3) is 4.07. The van der Waals surface area contributed by atoms with Crippen molar-refractivity contribution in [1.29, 1.82) is 0 Å². The summed E-state index contributed by atoms with van der Waals surface area (Å²) < 4.78 is 0. The Morgan fingerprint density at radius 3 is 2.65 bits per heavy atom. The van der Waals surface area contributed by atoms with Gasteiger partial charge in [0.1, 0.15) is 0 Å². The molecule has 0 saturated carbocycles. The van der Waals surface area contributed by atoms with Gasteiger partial charge in [-0.3, -0.25) is 4.79 Å². The predicted molar refractivity (Wildman–Crippen MR) is 82.3 cm³/mol. The first-order valence-corrected chi connectivity index (χ1v) is 7.53. The molecule has 3 heteroatoms. The Hall–Kier alpha value is -1.35. The zero-order valence-corrected chi connectivity index (χ0v) is 12.9. The molecule has 0 spiro atoms. The van der Waals surface area contributed by atoms with Gasteiger partial charge >= 0.3 is 0 Å². The van der Waals surface area contributed by atoms with Crippen LogP contribution < -0.4 is 5.32 Å². The molecule has 20 heavy (non-hydrogen) atoms. The summed E-state index contributed by atoms with van der Waals surface area (Å²) in [6, 6.07) is 10.8. The Balaban J connectivity index is 1.86. The summed E-state index contributed by atoms with van der Waals surface area (Å²) in [6.07, 6.45) is 2.25. The normalized spacial score (nSPS) is 19.9. The zero-order chi connectivity index (χ0) is 14.6. The summed E-state index contributed by atoms with van der Waals surface area (Å²) in [5.74, 6) is 0.267. The lowest BCUT2D eigenvalue weighted by molar-refractivity contribution is -0.140. The molecule has 1 heterocycles. The topological polar surface area (TPSA) is 32.3 Å². The van der Waals surface area contributed by atoms with Crippen molar-refractivity contribution in [1.82, 2.24) is 10.2 Å². The number of carbonyl (C=O) groups excluding carboxylic acids is 1. The van der Waals surface area contributed by atoms with Gasteiger partial charge in [0.25, 0.3) is 0 Å². The smallest absolute Gasteiger partial charge is 0.227 e. The maximum atomic E-state index is 12.3. The molecule has 110 valence electrons. The second-order valence-corrected chi connectivity index (χ2v) is 6.71. The lowest BCUT2D eigenvalue weighted by Crippen LogP contribution is -2.50. The predicted octanol–water partition coefficient (Wildman–Crippen LogP) is 2.81. The standard InChI is InChI=1S/C17H26N2O/c1-17(2,3)16(20)19-11-7-10-15(13-19)18-12-14-8-5-4-6-9-14/h4-6,8-9,15,18H,7,10-13H2,1-3H3. The number of likely N-dealkylation sites (tertiary alicyclic amines) is 1. The summed E-state index contributed by atoms with van der Waals surface area (Å²) in [6.45, 7) is 8.61. The fourth-order valence-corrected chi connectivity index (χ4v) is 2.66. The summed E-state index contributed by atoms with van der Waals surface area (Å²) in [5.41, 5.74) is 1.02. The molecule has 2 rings (SSSR count). The van der Waals surface area contributed by atoms with E-state index in [-0.39, 0.29) is 11.3 Å². The van der Waals surface area contributed by atoms with E-state index in [4.69, 9.17) is 0 Å². The maximum absolute atomic E-state index is 12.3. The quantitative estimate of drug-likeness (QED) is 0.919. The van der Waals surface area contributed by atoms with E-state index in [0.717, 1.165) is 32.5 Å². The molecule has 1 fully saturated rings. The van der Waals surface area contributed by atoms with Crippen molar-refractivity contribution in [3.8, 4) is 0 Å². The molecule has 1 saturated heterocycles. The average molecular weight is 274 g/mol. The summed E-state index contributed by atoms with van der Waals surface area (Å²) in [4.78, 5) is 14.4. The summed E-state index contributed by atoms with van der Waals surface area (Å²) >= 11 is 0. The van der Waals surface area contributed by atoms with Gasteiger partial charge in [0.05, 0.1) is 0 Å². The Bertz CT molecular complexity index is 436. The summed E-state index contributed by atoms with van der Waals surface area (Å²) in [5, 5.41) is 3.58. The van der Waals surface area contributed by atoms with Gasteiger partial charge in [0.2, 0.25) is 5.91 Å². The first-order valence-electron chi connectivity index (χ1n) is 7.53. The van der Waals surface area contributed by atoms with Gasteiger partial charge in [-0.05, 0) is 18.4 Å². The number of piperidine rings is 1. The van der Waals surface area contributed by atoms with Crippen molar-refractivity contribution in [2.45, 2.75) is 46.2 Å². The van der Waals surface area contributed by atoms with Gasteiger partial charge in [-0.25, -0.2) is 0 Å². The van der Waals surface area contributed by atoms with Crippen molar-refractivity contribution in [2.24, 2.45) is 5.41 Å². The Morgan fingerprint density at radius 2 is 2.00 bits per heavy atom. The molecule has 1 aromatic rings. The van der Waals surface area contributed by atoms with Crippen molar-refractivity contribution >= 4 is 5.91 Å². The molecular formula is C17H26N2O. The van der Waals surface area contributed by atoms with Crippen LogP contribution in [-0.2, 0) is 11.3 Å². The lowest BCUT2D eigenvalue weighted by atomic mass is 9.93. The molecule has 3 nitrogen and oxygen atoms in total. The molecule has 1 aliphatic rings. The van der Waals surface area contributed by atoms with E-state index in [0.29, 0.717) is 6.04 Å². The molecule has 0 radical (unpaired) electrons. The number of hydrogen-bond donors (Lipinski definition) is 1. The molecule has 1 aliphatic heterocycles. The van der Waals surface area contributed by atoms with Crippen LogP contribution >= 0.6 is 0 Å². The molecule has 0 bridgehead atoms. The number of rotatable bonds is 3. The fraction of sp³-hybridized carbons (Fsp3) is 0.588. The minimum absolute atomic E-state index is 0.267. The summed E-state index contributed by atoms with van der Waals surface area (Å²) in [7, 11) is 0. The Kier molecular flexibility index (Phi) is 4.81. The minimum atomic E-state index is -0.276. The third-order valence-electron chi connectivity index (χ3n) is 3.79. The fourth-order valence-electron chi connectivity index (χ4n) is 2.66. The highest BCUT2D eigenvalue weighted by Gasteiger charge is 2.30. The number of carbonyl (C=O) groups is 1. The van der Waals surface area contributed by atoms with E-state index >= 15 is 0 Å². The Labute approximate surface area is 122 Å². The highest BCUT2D eigenvalue weighted by Crippen LogP contribution is 2.21. The average Bonchev–Trinajstić information content (AvgIpc) is 2.45. The van der Waals surface area contributed by atoms with E-state index in [2.05, 4.69) is 29.6 Å². The van der Waals surface area contributed by atoms with Gasteiger partial charge in [-0.15, -0.1) is 0 Å². The van der Waals surface area contributed by atoms with Gasteiger partial charge in [0.15, 0.2) is 0 Å². The zero-order valence-electron chi connectivity index (χ0n) is 12.9. The van der Waals surface area contributed by atoms with Crippen LogP contribution in [0.3, 0.4) is 0 Å². The number of nitrogens with one attached hydrogen (secondary N) is 1. The van der Waals surface area contributed by atoms with Crippen LogP contribution in [0.2, 0.25) is 0 Å². The second-order valence-electron chi connectivity index (χ2n) is 6.71. The van der Waals surface area contributed by atoms with Gasteiger partial charge < -0.3 is 10.2 Å². The number of nitrogens with zero attached hydrogens (tertiary/aromatic N) is 1. The van der Waals surface area contributed by atoms with Crippen LogP contribution in [-0.4, -0.2) is 29.9 Å². The molecule has 0 aromatic heterocycles. The number of amides is 1. The van der Waals surface area contributed by atoms with E-state index in [1.54, 1.807) is 0 Å². The molecule has 1 atom stereocenters. The van der Waals surface area contributed by atoms with Crippen LogP contribution in [0, 0.1) is 5.41 Å². The molecule has 1 amide bonds. The number of hydrogen-bond acceptors (Lipinski definition) is 2. The minimum Gasteiger partial charge on any atom is -0.341 e. The van der Waals surface area contributed by atoms with E-state index in [9.17, 15) is 4.79 Å². The number of benzene rings is 1. The van der Waals surface area contributed by atoms with Crippen molar-refractivity contribution in [3.63, 3.8) is 0 Å². The molecular weight excluding hydrogens is 248 g/mol. The molecule has 1 N–H and O–H groups in total. The lowest BCUT2D eigenvalue weighted by Gasteiger charge is -2.36. The maximum Gasteiger partial charge on any atom is 0.227 e.